The predicted molar refractivity (Wildman–Crippen MR) is 163 cm³/mol. The Kier molecular flexibility index (Phi) is 11.5. The van der Waals surface area contributed by atoms with Crippen molar-refractivity contribution in [3.8, 4) is 0 Å². The van der Waals surface area contributed by atoms with E-state index in [1.807, 2.05) is 60.7 Å². The maximum absolute atomic E-state index is 13.8. The lowest BCUT2D eigenvalue weighted by Crippen LogP contribution is -2.52. The van der Waals surface area contributed by atoms with Gasteiger partial charge in [0.25, 0.3) is 0 Å². The zero-order chi connectivity index (χ0) is 27.6. The fourth-order valence-electron chi connectivity index (χ4n) is 4.86. The molecule has 0 saturated heterocycles. The Balaban J connectivity index is 1.57. The van der Waals surface area contributed by atoms with Crippen molar-refractivity contribution in [1.82, 2.24) is 10.2 Å². The van der Waals surface area contributed by atoms with E-state index in [4.69, 9.17) is 34.8 Å². The number of nitrogens with zero attached hydrogens (tertiary/aromatic N) is 1. The van der Waals surface area contributed by atoms with Gasteiger partial charge < -0.3 is 10.2 Å². The molecule has 1 saturated carbocycles. The van der Waals surface area contributed by atoms with Crippen molar-refractivity contribution in [2.75, 3.05) is 5.75 Å². The molecule has 2 amide bonds. The zero-order valence-electron chi connectivity index (χ0n) is 21.8. The fraction of sp³-hybridized carbons (Fsp3) is 0.355. The van der Waals surface area contributed by atoms with Crippen LogP contribution in [0.1, 0.15) is 49.7 Å². The van der Waals surface area contributed by atoms with Gasteiger partial charge in [0.1, 0.15) is 6.04 Å². The number of amides is 2. The van der Waals surface area contributed by atoms with Crippen molar-refractivity contribution in [2.24, 2.45) is 0 Å². The standard InChI is InChI=1S/C31H33Cl3N2O2S/c32-24-12-14-26(15-13-24)39-18-17-30(37)36(21-23-11-16-27(33)28(34)19-23)29(20-22-7-3-1-4-8-22)31(38)35-25-9-5-2-6-10-25/h1,3-4,7-8,11-16,19,25,29H,2,5-6,9-10,17-18,20-21H2,(H,35,38)/t29-/m1/s1. The summed E-state index contributed by atoms with van der Waals surface area (Å²) in [6, 6.07) is 22.3. The van der Waals surface area contributed by atoms with Crippen molar-refractivity contribution < 1.29 is 9.59 Å². The average molecular weight is 604 g/mol. The second-order valence-corrected chi connectivity index (χ2v) is 12.3. The fourth-order valence-corrected chi connectivity index (χ4v) is 6.15. The topological polar surface area (TPSA) is 49.4 Å². The van der Waals surface area contributed by atoms with E-state index in [-0.39, 0.29) is 30.8 Å². The first-order valence-corrected chi connectivity index (χ1v) is 15.5. The summed E-state index contributed by atoms with van der Waals surface area (Å²) in [6.45, 7) is 0.261. The number of hydrogen-bond acceptors (Lipinski definition) is 3. The molecule has 0 aliphatic heterocycles. The summed E-state index contributed by atoms with van der Waals surface area (Å²) in [5.74, 6) is 0.396. The molecule has 206 valence electrons. The van der Waals surface area contributed by atoms with Gasteiger partial charge in [0, 0.05) is 41.1 Å². The molecule has 0 aromatic heterocycles. The Hall–Kier alpha value is -2.18. The third-order valence-corrected chi connectivity index (χ3v) is 8.96. The van der Waals surface area contributed by atoms with Crippen LogP contribution in [0.3, 0.4) is 0 Å². The molecule has 4 rings (SSSR count). The van der Waals surface area contributed by atoms with Gasteiger partial charge in [-0.2, -0.15) is 0 Å². The first-order chi connectivity index (χ1) is 18.9. The average Bonchev–Trinajstić information content (AvgIpc) is 2.94. The summed E-state index contributed by atoms with van der Waals surface area (Å²) >= 11 is 20.1. The van der Waals surface area contributed by atoms with Crippen molar-refractivity contribution in [3.63, 3.8) is 0 Å². The van der Waals surface area contributed by atoms with E-state index < -0.39 is 6.04 Å². The summed E-state index contributed by atoms with van der Waals surface area (Å²) in [6.07, 6.45) is 6.09. The van der Waals surface area contributed by atoms with E-state index in [1.54, 1.807) is 28.8 Å². The minimum atomic E-state index is -0.656. The van der Waals surface area contributed by atoms with Crippen LogP contribution in [-0.4, -0.2) is 34.6 Å². The number of nitrogens with one attached hydrogen (secondary N) is 1. The molecule has 8 heteroatoms. The van der Waals surface area contributed by atoms with Crippen molar-refractivity contribution >= 4 is 58.4 Å². The molecule has 1 atom stereocenters. The number of rotatable bonds is 11. The summed E-state index contributed by atoms with van der Waals surface area (Å²) in [7, 11) is 0. The van der Waals surface area contributed by atoms with Crippen LogP contribution in [0.2, 0.25) is 15.1 Å². The second-order valence-electron chi connectivity index (χ2n) is 9.87. The lowest BCUT2D eigenvalue weighted by molar-refractivity contribution is -0.141. The number of thioether (sulfide) groups is 1. The van der Waals surface area contributed by atoms with Crippen LogP contribution >= 0.6 is 46.6 Å². The summed E-state index contributed by atoms with van der Waals surface area (Å²) < 4.78 is 0. The molecule has 1 N–H and O–H groups in total. The van der Waals surface area contributed by atoms with Gasteiger partial charge in [-0.15, -0.1) is 11.8 Å². The maximum atomic E-state index is 13.8. The molecule has 1 aliphatic carbocycles. The SMILES string of the molecule is O=C(NC1CCCCC1)[C@@H](Cc1ccccc1)N(Cc1ccc(Cl)c(Cl)c1)C(=O)CCSc1ccc(Cl)cc1. The van der Waals surface area contributed by atoms with Crippen LogP contribution in [0.4, 0.5) is 0 Å². The van der Waals surface area contributed by atoms with E-state index in [9.17, 15) is 9.59 Å². The molecule has 39 heavy (non-hydrogen) atoms. The Morgan fingerprint density at radius 3 is 2.28 bits per heavy atom. The normalized spacial score (nSPS) is 14.5. The van der Waals surface area contributed by atoms with E-state index in [0.717, 1.165) is 41.7 Å². The van der Waals surface area contributed by atoms with Crippen molar-refractivity contribution in [1.29, 1.82) is 0 Å². The van der Waals surface area contributed by atoms with Gasteiger partial charge in [-0.3, -0.25) is 9.59 Å². The molecule has 0 bridgehead atoms. The highest BCUT2D eigenvalue weighted by molar-refractivity contribution is 7.99. The molecule has 0 unspecified atom stereocenters. The van der Waals surface area contributed by atoms with Gasteiger partial charge in [-0.1, -0.05) is 90.5 Å². The van der Waals surface area contributed by atoms with Gasteiger partial charge in [0.05, 0.1) is 10.0 Å². The highest BCUT2D eigenvalue weighted by Gasteiger charge is 2.31. The number of carbonyl (C=O) groups excluding carboxylic acids is 2. The lowest BCUT2D eigenvalue weighted by atomic mass is 9.94. The lowest BCUT2D eigenvalue weighted by Gasteiger charge is -2.33. The molecular weight excluding hydrogens is 571 g/mol. The van der Waals surface area contributed by atoms with Gasteiger partial charge in [-0.05, 0) is 60.4 Å². The van der Waals surface area contributed by atoms with Gasteiger partial charge in [0.15, 0.2) is 0 Å². The summed E-state index contributed by atoms with van der Waals surface area (Å²) in [5, 5.41) is 4.82. The van der Waals surface area contributed by atoms with Crippen LogP contribution in [-0.2, 0) is 22.6 Å². The Labute approximate surface area is 250 Å². The van der Waals surface area contributed by atoms with Crippen LogP contribution in [0.15, 0.2) is 77.7 Å². The Morgan fingerprint density at radius 1 is 0.872 bits per heavy atom. The van der Waals surface area contributed by atoms with Gasteiger partial charge >= 0.3 is 0 Å². The third-order valence-electron chi connectivity index (χ3n) is 6.96. The van der Waals surface area contributed by atoms with Crippen molar-refractivity contribution in [3.05, 3.63) is 99.0 Å². The number of carbonyl (C=O) groups is 2. The maximum Gasteiger partial charge on any atom is 0.243 e. The van der Waals surface area contributed by atoms with Crippen LogP contribution in [0, 0.1) is 0 Å². The molecule has 0 spiro atoms. The summed E-state index contributed by atoms with van der Waals surface area (Å²) in [5.41, 5.74) is 1.83. The minimum absolute atomic E-state index is 0.0812. The Bertz CT molecular complexity index is 1230. The molecule has 0 radical (unpaired) electrons. The van der Waals surface area contributed by atoms with Crippen LogP contribution < -0.4 is 5.32 Å². The van der Waals surface area contributed by atoms with E-state index in [0.29, 0.717) is 27.2 Å². The Morgan fingerprint density at radius 2 is 1.59 bits per heavy atom. The van der Waals surface area contributed by atoms with E-state index in [2.05, 4.69) is 5.32 Å². The highest BCUT2D eigenvalue weighted by atomic mass is 35.5. The van der Waals surface area contributed by atoms with E-state index >= 15 is 0 Å². The molecule has 3 aromatic carbocycles. The van der Waals surface area contributed by atoms with E-state index in [1.165, 1.54) is 6.42 Å². The number of benzene rings is 3. The number of hydrogen-bond donors (Lipinski definition) is 1. The molecule has 1 aliphatic rings. The third kappa shape index (κ3) is 9.18. The smallest absolute Gasteiger partial charge is 0.243 e. The van der Waals surface area contributed by atoms with Gasteiger partial charge in [-0.25, -0.2) is 0 Å². The van der Waals surface area contributed by atoms with Crippen molar-refractivity contribution in [2.45, 2.75) is 68.5 Å². The molecule has 0 heterocycles. The summed E-state index contributed by atoms with van der Waals surface area (Å²) in [4.78, 5) is 30.4. The van der Waals surface area contributed by atoms with Gasteiger partial charge in [0.2, 0.25) is 11.8 Å². The zero-order valence-corrected chi connectivity index (χ0v) is 24.8. The number of halogens is 3. The predicted octanol–water partition coefficient (Wildman–Crippen LogP) is 8.22. The second kappa shape index (κ2) is 15.0. The molecule has 3 aromatic rings. The minimum Gasteiger partial charge on any atom is -0.352 e. The van der Waals surface area contributed by atoms with Crippen LogP contribution in [0.5, 0.6) is 0 Å². The first kappa shape index (κ1) is 29.8. The van der Waals surface area contributed by atoms with Crippen LogP contribution in [0.25, 0.3) is 0 Å². The highest BCUT2D eigenvalue weighted by Crippen LogP contribution is 2.26. The molecule has 1 fully saturated rings. The first-order valence-electron chi connectivity index (χ1n) is 13.3. The largest absolute Gasteiger partial charge is 0.352 e. The monoisotopic (exact) mass is 602 g/mol. The molecule has 4 nitrogen and oxygen atoms in total. The quantitative estimate of drug-likeness (QED) is 0.225. The molecular formula is C31H33Cl3N2O2S.